The molecule has 0 N–H and O–H groups in total. The van der Waals surface area contributed by atoms with Crippen LogP contribution >= 0.6 is 23.1 Å². The Labute approximate surface area is 211 Å². The van der Waals surface area contributed by atoms with Gasteiger partial charge in [0.25, 0.3) is 0 Å². The van der Waals surface area contributed by atoms with Gasteiger partial charge in [-0.2, -0.15) is 23.0 Å². The monoisotopic (exact) mass is 459 g/mol. The number of nitrogens with zero attached hydrogens (tertiary/aromatic N) is 4. The van der Waals surface area contributed by atoms with Crippen LogP contribution in [0.5, 0.6) is 0 Å². The van der Waals surface area contributed by atoms with Crippen molar-refractivity contribution in [3.05, 3.63) is 65.7 Å². The fourth-order valence-electron chi connectivity index (χ4n) is 3.37. The number of aromatic nitrogens is 2. The van der Waals surface area contributed by atoms with E-state index >= 15 is 0 Å². The summed E-state index contributed by atoms with van der Waals surface area (Å²) >= 11 is 2.76. The van der Waals surface area contributed by atoms with Gasteiger partial charge in [0.05, 0.1) is 4.88 Å². The summed E-state index contributed by atoms with van der Waals surface area (Å²) in [4.78, 5) is 23.3. The number of rotatable bonds is 4. The maximum Gasteiger partial charge on any atom is 1.00 e. The van der Waals surface area contributed by atoms with E-state index in [4.69, 9.17) is 5.26 Å². The molecule has 1 aromatic carbocycles. The predicted molar refractivity (Wildman–Crippen MR) is 114 cm³/mol. The predicted octanol–water partition coefficient (Wildman–Crippen LogP) is 1.72. The molecule has 31 heavy (non-hydrogen) atoms. The van der Waals surface area contributed by atoms with E-state index in [1.54, 1.807) is 42.9 Å². The number of fused-ring (bicyclic) bond motifs is 1. The second-order valence-corrected chi connectivity index (χ2v) is 9.08. The van der Waals surface area contributed by atoms with E-state index in [1.807, 2.05) is 11.0 Å². The normalized spacial score (nSPS) is 16.8. The molecule has 2 aliphatic rings. The van der Waals surface area contributed by atoms with Crippen molar-refractivity contribution in [3.63, 3.8) is 0 Å². The Morgan fingerprint density at radius 2 is 2.10 bits per heavy atom. The first-order chi connectivity index (χ1) is 14.7. The van der Waals surface area contributed by atoms with Gasteiger partial charge < -0.3 is 9.69 Å². The zero-order valence-electron chi connectivity index (χ0n) is 16.9. The van der Waals surface area contributed by atoms with Gasteiger partial charge in [0.2, 0.25) is 0 Å². The molecule has 5 rings (SSSR count). The maximum absolute atomic E-state index is 12.9. The largest absolute Gasteiger partial charge is 1.00 e. The Hall–Kier alpha value is -1.76. The van der Waals surface area contributed by atoms with Crippen molar-refractivity contribution >= 4 is 29.4 Å². The molecule has 1 atom stereocenters. The van der Waals surface area contributed by atoms with Crippen LogP contribution in [-0.2, 0) is 4.79 Å². The van der Waals surface area contributed by atoms with Crippen LogP contribution in [0.15, 0.2) is 58.7 Å². The second kappa shape index (κ2) is 11.2. The third-order valence-corrected chi connectivity index (χ3v) is 7.03. The van der Waals surface area contributed by atoms with E-state index in [9.17, 15) is 9.18 Å². The van der Waals surface area contributed by atoms with Gasteiger partial charge in [-0.15, -0.1) is 12.3 Å². The van der Waals surface area contributed by atoms with Crippen molar-refractivity contribution in [2.45, 2.75) is 22.6 Å². The first kappa shape index (κ1) is 23.9. The number of hydrogen-bond acceptors (Lipinski definition) is 7. The molecular weight excluding hydrogens is 442 g/mol. The van der Waals surface area contributed by atoms with Gasteiger partial charge in [0, 0.05) is 40.5 Å². The summed E-state index contributed by atoms with van der Waals surface area (Å²) in [5.74, 6) is 2.14. The zero-order valence-corrected chi connectivity index (χ0v) is 20.5. The molecule has 3 aromatic rings. The summed E-state index contributed by atoms with van der Waals surface area (Å²) in [5, 5.41) is 8.81. The van der Waals surface area contributed by atoms with E-state index in [0.717, 1.165) is 39.2 Å². The van der Waals surface area contributed by atoms with Crippen LogP contribution in [0, 0.1) is 29.1 Å². The zero-order chi connectivity index (χ0) is 20.9. The topological polar surface area (TPSA) is 69.9 Å². The third kappa shape index (κ3) is 5.93. The molecule has 5 nitrogen and oxygen atoms in total. The molecule has 2 aromatic heterocycles. The number of carbonyl (C=O) groups excluding carboxylic acids is 1. The van der Waals surface area contributed by atoms with Crippen molar-refractivity contribution in [1.29, 1.82) is 5.26 Å². The third-order valence-electron chi connectivity index (χ3n) is 5.05. The van der Waals surface area contributed by atoms with Gasteiger partial charge in [0.1, 0.15) is 5.82 Å². The standard InChI is InChI=1S/C15H8FN2OS2.C7H9N2.Na/c16-10-1-3-11(4-2-10)20-13-7-17-6-5-12(13)14-8-18-15(9-19)21-14;8-5-9-3-6-1-2-7(6)4-9;/h1-8H;6H,1-4H2;/q2*-1;+1. The molecule has 1 saturated heterocycles. The van der Waals surface area contributed by atoms with Crippen LogP contribution in [0.25, 0.3) is 10.4 Å². The van der Waals surface area contributed by atoms with Crippen molar-refractivity contribution in [2.75, 3.05) is 13.1 Å². The van der Waals surface area contributed by atoms with E-state index in [-0.39, 0.29) is 35.4 Å². The number of benzene rings is 1. The summed E-state index contributed by atoms with van der Waals surface area (Å²) in [6.45, 7) is 1.97. The van der Waals surface area contributed by atoms with Gasteiger partial charge in [-0.3, -0.25) is 15.9 Å². The Morgan fingerprint density at radius 1 is 1.29 bits per heavy atom. The summed E-state index contributed by atoms with van der Waals surface area (Å²) in [6, 6.07) is 8.14. The molecule has 0 radical (unpaired) electrons. The Morgan fingerprint density at radius 3 is 2.68 bits per heavy atom. The van der Waals surface area contributed by atoms with Crippen molar-refractivity contribution < 1.29 is 38.7 Å². The van der Waals surface area contributed by atoms with Crippen LogP contribution in [0.4, 0.5) is 4.39 Å². The van der Waals surface area contributed by atoms with Crippen molar-refractivity contribution in [1.82, 2.24) is 14.9 Å². The van der Waals surface area contributed by atoms with Crippen LogP contribution in [0.3, 0.4) is 0 Å². The molecule has 0 amide bonds. The molecule has 1 unspecified atom stereocenters. The fraction of sp³-hybridized carbons (Fsp3) is 0.227. The molecule has 0 bridgehead atoms. The number of hydrogen-bond donors (Lipinski definition) is 0. The number of halogens is 1. The molecular formula is C22H17FN4NaOS2-. The summed E-state index contributed by atoms with van der Waals surface area (Å²) in [7, 11) is 0. The SMILES string of the molecule is N#CN1C[C-]2CCC2C1.O=[C-]c1ncc(-c2ccncc2Sc2ccc(F)cc2)s1.[Na+]. The second-order valence-electron chi connectivity index (χ2n) is 6.93. The van der Waals surface area contributed by atoms with Gasteiger partial charge in [0.15, 0.2) is 6.19 Å². The summed E-state index contributed by atoms with van der Waals surface area (Å²) in [6.07, 6.45) is 11.7. The first-order valence-corrected chi connectivity index (χ1v) is 11.0. The molecule has 152 valence electrons. The minimum Gasteiger partial charge on any atom is -0.535 e. The average Bonchev–Trinajstić information content (AvgIpc) is 3.35. The van der Waals surface area contributed by atoms with Crippen molar-refractivity contribution in [2.24, 2.45) is 5.92 Å². The van der Waals surface area contributed by atoms with E-state index in [1.165, 1.54) is 48.1 Å². The number of pyridine rings is 1. The Kier molecular flexibility index (Phi) is 8.64. The minimum atomic E-state index is -0.264. The quantitative estimate of drug-likeness (QED) is 0.336. The molecule has 1 aliphatic carbocycles. The maximum atomic E-state index is 12.9. The molecule has 3 heterocycles. The van der Waals surface area contributed by atoms with Gasteiger partial charge >= 0.3 is 29.6 Å². The van der Waals surface area contributed by atoms with Crippen LogP contribution in [-0.4, -0.2) is 34.2 Å². The fourth-order valence-corrected chi connectivity index (χ4v) is 5.11. The molecule has 0 spiro atoms. The van der Waals surface area contributed by atoms with Gasteiger partial charge in [-0.25, -0.2) is 10.7 Å². The average molecular weight is 460 g/mol. The van der Waals surface area contributed by atoms with Crippen LogP contribution < -0.4 is 29.6 Å². The van der Waals surface area contributed by atoms with Crippen LogP contribution in [0.1, 0.15) is 17.8 Å². The van der Waals surface area contributed by atoms with Gasteiger partial charge in [-0.05, 0) is 35.3 Å². The number of likely N-dealkylation sites (tertiary alicyclic amines) is 1. The van der Waals surface area contributed by atoms with Gasteiger partial charge in [-0.1, -0.05) is 18.3 Å². The summed E-state index contributed by atoms with van der Waals surface area (Å²) in [5.41, 5.74) is 0.943. The smallest absolute Gasteiger partial charge is 0.535 e. The Balaban J connectivity index is 0.000000227. The van der Waals surface area contributed by atoms with Crippen molar-refractivity contribution in [3.8, 4) is 16.6 Å². The molecule has 1 aliphatic heterocycles. The Bertz CT molecular complexity index is 1060. The van der Waals surface area contributed by atoms with E-state index < -0.39 is 0 Å². The molecule has 1 saturated carbocycles. The van der Waals surface area contributed by atoms with E-state index in [0.29, 0.717) is 5.01 Å². The first-order valence-electron chi connectivity index (χ1n) is 9.37. The number of nitriles is 1. The number of thiazole rings is 1. The molecule has 2 fully saturated rings. The molecule has 9 heteroatoms. The summed E-state index contributed by atoms with van der Waals surface area (Å²) < 4.78 is 12.9. The van der Waals surface area contributed by atoms with Crippen LogP contribution in [0.2, 0.25) is 0 Å². The minimum absolute atomic E-state index is 0. The van der Waals surface area contributed by atoms with E-state index in [2.05, 4.69) is 16.2 Å².